The highest BCUT2D eigenvalue weighted by atomic mass is 79.9. The summed E-state index contributed by atoms with van der Waals surface area (Å²) in [5.74, 6) is 0. The molecule has 0 amide bonds. The molecule has 0 aliphatic carbocycles. The number of alkyl halides is 4. The lowest BCUT2D eigenvalue weighted by molar-refractivity contribution is -0.137. The maximum atomic E-state index is 12.5. The van der Waals surface area contributed by atoms with Crippen molar-refractivity contribution in [1.82, 2.24) is 0 Å². The predicted molar refractivity (Wildman–Crippen MR) is 82.6 cm³/mol. The topological polar surface area (TPSA) is 0 Å². The maximum absolute atomic E-state index is 12.5. The highest BCUT2D eigenvalue weighted by molar-refractivity contribution is 9.09. The zero-order chi connectivity index (χ0) is 15.5. The zero-order valence-corrected chi connectivity index (χ0v) is 13.2. The number of hydrogen-bond donors (Lipinski definition) is 0. The number of hydrogen-bond acceptors (Lipinski definition) is 0. The molecule has 0 radical (unpaired) electrons. The molecule has 0 aliphatic heterocycles. The Hall–Kier alpha value is -1.29. The third-order valence-electron chi connectivity index (χ3n) is 3.47. The van der Waals surface area contributed by atoms with Gasteiger partial charge in [0.1, 0.15) is 0 Å². The second-order valence-corrected chi connectivity index (χ2v) is 6.02. The molecule has 0 saturated heterocycles. The first-order chi connectivity index (χ1) is 9.91. The van der Waals surface area contributed by atoms with E-state index in [0.29, 0.717) is 6.42 Å². The van der Waals surface area contributed by atoms with Gasteiger partial charge < -0.3 is 0 Å². The van der Waals surface area contributed by atoms with Gasteiger partial charge in [-0.15, -0.1) is 0 Å². The fourth-order valence-electron chi connectivity index (χ4n) is 2.31. The molecule has 1 unspecified atom stereocenters. The molecule has 4 heteroatoms. The second-order valence-electron chi connectivity index (χ2n) is 4.92. The lowest BCUT2D eigenvalue weighted by Crippen LogP contribution is -2.05. The number of benzene rings is 2. The summed E-state index contributed by atoms with van der Waals surface area (Å²) >= 11 is 3.65. The standard InChI is InChI=1S/C17H16BrF3/c1-2-13-5-3-4-6-15(13)16(18)11-12-7-9-14(10-8-12)17(19,20)21/h3-10,16H,2,11H2,1H3. The van der Waals surface area contributed by atoms with Gasteiger partial charge in [0.25, 0.3) is 0 Å². The van der Waals surface area contributed by atoms with Crippen molar-refractivity contribution in [3.63, 3.8) is 0 Å². The van der Waals surface area contributed by atoms with E-state index in [1.54, 1.807) is 12.1 Å². The van der Waals surface area contributed by atoms with Gasteiger partial charge in [0, 0.05) is 4.83 Å². The summed E-state index contributed by atoms with van der Waals surface area (Å²) < 4.78 is 37.6. The summed E-state index contributed by atoms with van der Waals surface area (Å²) in [5.41, 5.74) is 2.73. The van der Waals surface area contributed by atoms with E-state index < -0.39 is 11.7 Å². The molecule has 0 nitrogen and oxygen atoms in total. The molecule has 0 saturated carbocycles. The predicted octanol–water partition coefficient (Wildman–Crippen LogP) is 5.95. The van der Waals surface area contributed by atoms with Crippen LogP contribution in [0, 0.1) is 0 Å². The molecule has 0 N–H and O–H groups in total. The lowest BCUT2D eigenvalue weighted by atomic mass is 9.98. The van der Waals surface area contributed by atoms with Gasteiger partial charge in [-0.1, -0.05) is 59.3 Å². The Kier molecular flexibility index (Phi) is 5.09. The molecular formula is C17H16BrF3. The maximum Gasteiger partial charge on any atom is 0.416 e. The highest BCUT2D eigenvalue weighted by Gasteiger charge is 2.30. The van der Waals surface area contributed by atoms with Crippen molar-refractivity contribution in [1.29, 1.82) is 0 Å². The Morgan fingerprint density at radius 2 is 1.62 bits per heavy atom. The van der Waals surface area contributed by atoms with Crippen LogP contribution in [0.5, 0.6) is 0 Å². The van der Waals surface area contributed by atoms with Crippen LogP contribution >= 0.6 is 15.9 Å². The summed E-state index contributed by atoms with van der Waals surface area (Å²) in [5, 5.41) is 0. The average molecular weight is 357 g/mol. The van der Waals surface area contributed by atoms with Crippen molar-refractivity contribution in [2.45, 2.75) is 30.8 Å². The van der Waals surface area contributed by atoms with Crippen LogP contribution < -0.4 is 0 Å². The zero-order valence-electron chi connectivity index (χ0n) is 11.6. The van der Waals surface area contributed by atoms with Gasteiger partial charge in [-0.2, -0.15) is 13.2 Å². The average Bonchev–Trinajstić information content (AvgIpc) is 2.46. The van der Waals surface area contributed by atoms with Gasteiger partial charge in [0.15, 0.2) is 0 Å². The van der Waals surface area contributed by atoms with E-state index in [2.05, 4.69) is 35.0 Å². The van der Waals surface area contributed by atoms with Crippen LogP contribution in [0.4, 0.5) is 13.2 Å². The van der Waals surface area contributed by atoms with Gasteiger partial charge >= 0.3 is 6.18 Å². The van der Waals surface area contributed by atoms with E-state index in [4.69, 9.17) is 0 Å². The molecule has 0 bridgehead atoms. The highest BCUT2D eigenvalue weighted by Crippen LogP contribution is 2.32. The van der Waals surface area contributed by atoms with Crippen LogP contribution in [0.3, 0.4) is 0 Å². The van der Waals surface area contributed by atoms with E-state index in [1.165, 1.54) is 11.1 Å². The molecule has 112 valence electrons. The monoisotopic (exact) mass is 356 g/mol. The van der Waals surface area contributed by atoms with Crippen molar-refractivity contribution in [3.05, 3.63) is 70.8 Å². The Morgan fingerprint density at radius 3 is 2.19 bits per heavy atom. The lowest BCUT2D eigenvalue weighted by Gasteiger charge is -2.15. The van der Waals surface area contributed by atoms with Crippen LogP contribution in [0.25, 0.3) is 0 Å². The molecule has 21 heavy (non-hydrogen) atoms. The van der Waals surface area contributed by atoms with Crippen molar-refractivity contribution in [3.8, 4) is 0 Å². The second kappa shape index (κ2) is 6.65. The molecular weight excluding hydrogens is 341 g/mol. The van der Waals surface area contributed by atoms with E-state index in [1.807, 2.05) is 12.1 Å². The minimum atomic E-state index is -4.28. The molecule has 2 aromatic carbocycles. The summed E-state index contributed by atoms with van der Waals surface area (Å²) in [6, 6.07) is 13.5. The van der Waals surface area contributed by atoms with Crippen molar-refractivity contribution >= 4 is 15.9 Å². The van der Waals surface area contributed by atoms with Gasteiger partial charge in [0.2, 0.25) is 0 Å². The fourth-order valence-corrected chi connectivity index (χ4v) is 3.13. The van der Waals surface area contributed by atoms with E-state index in [9.17, 15) is 13.2 Å². The summed E-state index contributed by atoms with van der Waals surface area (Å²) in [4.78, 5) is 0.102. The Morgan fingerprint density at radius 1 is 1.00 bits per heavy atom. The first kappa shape index (κ1) is 16.1. The molecule has 0 aromatic heterocycles. The Labute approximate surface area is 131 Å². The molecule has 0 spiro atoms. The largest absolute Gasteiger partial charge is 0.416 e. The van der Waals surface area contributed by atoms with Crippen LogP contribution in [0.1, 0.15) is 34.0 Å². The Bertz CT molecular complexity index is 588. The van der Waals surface area contributed by atoms with Gasteiger partial charge in [-0.3, -0.25) is 0 Å². The van der Waals surface area contributed by atoms with Gasteiger partial charge in [-0.25, -0.2) is 0 Å². The molecule has 2 rings (SSSR count). The van der Waals surface area contributed by atoms with Crippen molar-refractivity contribution in [2.75, 3.05) is 0 Å². The minimum Gasteiger partial charge on any atom is -0.166 e. The minimum absolute atomic E-state index is 0.102. The van der Waals surface area contributed by atoms with Crippen LogP contribution in [0.15, 0.2) is 48.5 Å². The van der Waals surface area contributed by atoms with E-state index in [0.717, 1.165) is 24.1 Å². The number of aryl methyl sites for hydroxylation is 1. The first-order valence-electron chi connectivity index (χ1n) is 6.80. The molecule has 0 fully saturated rings. The normalized spacial score (nSPS) is 13.2. The molecule has 0 aliphatic rings. The third-order valence-corrected chi connectivity index (χ3v) is 4.29. The van der Waals surface area contributed by atoms with Crippen molar-refractivity contribution in [2.24, 2.45) is 0 Å². The van der Waals surface area contributed by atoms with Crippen molar-refractivity contribution < 1.29 is 13.2 Å². The SMILES string of the molecule is CCc1ccccc1C(Br)Cc1ccc(C(F)(F)F)cc1. The summed E-state index contributed by atoms with van der Waals surface area (Å²) in [6.07, 6.45) is -2.68. The first-order valence-corrected chi connectivity index (χ1v) is 7.71. The summed E-state index contributed by atoms with van der Waals surface area (Å²) in [7, 11) is 0. The quantitative estimate of drug-likeness (QED) is 0.594. The fraction of sp³-hybridized carbons (Fsp3) is 0.294. The van der Waals surface area contributed by atoms with E-state index >= 15 is 0 Å². The molecule has 1 atom stereocenters. The van der Waals surface area contributed by atoms with Gasteiger partial charge in [0.05, 0.1) is 5.56 Å². The summed E-state index contributed by atoms with van der Waals surface area (Å²) in [6.45, 7) is 2.09. The number of rotatable bonds is 4. The smallest absolute Gasteiger partial charge is 0.166 e. The van der Waals surface area contributed by atoms with Gasteiger partial charge in [-0.05, 0) is 41.7 Å². The Balaban J connectivity index is 2.14. The third kappa shape index (κ3) is 4.10. The van der Waals surface area contributed by atoms with Crippen LogP contribution in [-0.4, -0.2) is 0 Å². The molecule has 0 heterocycles. The van der Waals surface area contributed by atoms with E-state index in [-0.39, 0.29) is 4.83 Å². The van der Waals surface area contributed by atoms with Crippen LogP contribution in [-0.2, 0) is 19.0 Å². The van der Waals surface area contributed by atoms with Crippen LogP contribution in [0.2, 0.25) is 0 Å². The number of halogens is 4. The molecule has 2 aromatic rings.